The van der Waals surface area contributed by atoms with E-state index < -0.39 is 0 Å². The van der Waals surface area contributed by atoms with E-state index in [1.807, 2.05) is 0 Å². The van der Waals surface area contributed by atoms with Gasteiger partial charge in [-0.2, -0.15) is 0 Å². The molecule has 0 aliphatic rings. The normalized spacial score (nSPS) is 12.7. The molecule has 0 amide bonds. The lowest BCUT2D eigenvalue weighted by Crippen LogP contribution is -2.30. The molecule has 0 aromatic carbocycles. The summed E-state index contributed by atoms with van der Waals surface area (Å²) >= 11 is 0. The largest absolute Gasteiger partial charge is 0.330 e. The maximum atomic E-state index is 11.6. The van der Waals surface area contributed by atoms with E-state index in [1.165, 1.54) is 0 Å². The Labute approximate surface area is 98.9 Å². The quantitative estimate of drug-likeness (QED) is 0.459. The molecule has 0 aliphatic heterocycles. The van der Waals surface area contributed by atoms with Crippen LogP contribution in [0.5, 0.6) is 0 Å². The number of carbonyl (C=O) groups is 1. The highest BCUT2D eigenvalue weighted by molar-refractivity contribution is 5.83. The van der Waals surface area contributed by atoms with Crippen LogP contribution in [0.3, 0.4) is 0 Å². The minimum atomic E-state index is -0.268. The summed E-state index contributed by atoms with van der Waals surface area (Å²) in [4.78, 5) is 11.6. The van der Waals surface area contributed by atoms with Crippen LogP contribution in [0.25, 0.3) is 0 Å². The molecule has 0 saturated heterocycles. The summed E-state index contributed by atoms with van der Waals surface area (Å²) in [6.07, 6.45) is 7.47. The van der Waals surface area contributed by atoms with Crippen molar-refractivity contribution in [3.05, 3.63) is 0 Å². The van der Waals surface area contributed by atoms with Gasteiger partial charge < -0.3 is 17.2 Å². The topological polar surface area (TPSA) is 95.1 Å². The predicted octanol–water partition coefficient (Wildman–Crippen LogP) is 0.921. The SMILES string of the molecule is NCCCCCC(=O)C(N)CCCCCN. The van der Waals surface area contributed by atoms with E-state index in [0.717, 1.165) is 51.5 Å². The molecule has 4 nitrogen and oxygen atoms in total. The lowest BCUT2D eigenvalue weighted by atomic mass is 10.0. The number of hydrogen-bond donors (Lipinski definition) is 3. The van der Waals surface area contributed by atoms with Crippen LogP contribution in [0.1, 0.15) is 51.4 Å². The van der Waals surface area contributed by atoms with E-state index in [1.54, 1.807) is 0 Å². The molecule has 0 aromatic rings. The second-order valence-corrected chi connectivity index (χ2v) is 4.31. The van der Waals surface area contributed by atoms with Crippen LogP contribution in [0, 0.1) is 0 Å². The smallest absolute Gasteiger partial charge is 0.149 e. The van der Waals surface area contributed by atoms with Crippen LogP contribution >= 0.6 is 0 Å². The van der Waals surface area contributed by atoms with Gasteiger partial charge in [-0.15, -0.1) is 0 Å². The van der Waals surface area contributed by atoms with Gasteiger partial charge in [-0.05, 0) is 38.8 Å². The van der Waals surface area contributed by atoms with Crippen LogP contribution in [-0.4, -0.2) is 24.9 Å². The van der Waals surface area contributed by atoms with Gasteiger partial charge in [-0.3, -0.25) is 4.79 Å². The van der Waals surface area contributed by atoms with Crippen molar-refractivity contribution in [2.24, 2.45) is 17.2 Å². The fraction of sp³-hybridized carbons (Fsp3) is 0.917. The molecule has 1 unspecified atom stereocenters. The highest BCUT2D eigenvalue weighted by Gasteiger charge is 2.11. The van der Waals surface area contributed by atoms with E-state index >= 15 is 0 Å². The Morgan fingerprint density at radius 2 is 1.44 bits per heavy atom. The van der Waals surface area contributed by atoms with Crippen molar-refractivity contribution >= 4 is 5.78 Å². The van der Waals surface area contributed by atoms with Gasteiger partial charge >= 0.3 is 0 Å². The minimum Gasteiger partial charge on any atom is -0.330 e. The first kappa shape index (κ1) is 15.6. The third-order valence-corrected chi connectivity index (χ3v) is 2.76. The molecule has 4 heteroatoms. The second kappa shape index (κ2) is 11.0. The molecule has 0 rings (SSSR count). The summed E-state index contributed by atoms with van der Waals surface area (Å²) in [5.41, 5.74) is 16.6. The number of Topliss-reactive ketones (excluding diaryl/α,β-unsaturated/α-hetero) is 1. The van der Waals surface area contributed by atoms with Gasteiger partial charge in [-0.25, -0.2) is 0 Å². The van der Waals surface area contributed by atoms with Gasteiger partial charge in [0.25, 0.3) is 0 Å². The molecule has 1 atom stereocenters. The zero-order chi connectivity index (χ0) is 12.2. The highest BCUT2D eigenvalue weighted by atomic mass is 16.1. The van der Waals surface area contributed by atoms with Gasteiger partial charge in [0, 0.05) is 6.42 Å². The zero-order valence-electron chi connectivity index (χ0n) is 10.3. The Bertz CT molecular complexity index is 174. The number of rotatable bonds is 11. The molecule has 0 fully saturated rings. The fourth-order valence-electron chi connectivity index (χ4n) is 1.65. The monoisotopic (exact) mass is 229 g/mol. The Hall–Kier alpha value is -0.450. The van der Waals surface area contributed by atoms with E-state index in [9.17, 15) is 4.79 Å². The van der Waals surface area contributed by atoms with Crippen molar-refractivity contribution in [3.8, 4) is 0 Å². The third kappa shape index (κ3) is 8.83. The maximum Gasteiger partial charge on any atom is 0.149 e. The molecule has 0 aromatic heterocycles. The molecule has 0 aliphatic carbocycles. The van der Waals surface area contributed by atoms with E-state index in [-0.39, 0.29) is 11.8 Å². The third-order valence-electron chi connectivity index (χ3n) is 2.76. The van der Waals surface area contributed by atoms with Crippen LogP contribution in [0.15, 0.2) is 0 Å². The van der Waals surface area contributed by atoms with E-state index in [2.05, 4.69) is 0 Å². The van der Waals surface area contributed by atoms with Gasteiger partial charge in [0.05, 0.1) is 6.04 Å². The average Bonchev–Trinajstić information content (AvgIpc) is 2.29. The van der Waals surface area contributed by atoms with Gasteiger partial charge in [0.15, 0.2) is 0 Å². The van der Waals surface area contributed by atoms with Crippen LogP contribution < -0.4 is 17.2 Å². The summed E-state index contributed by atoms with van der Waals surface area (Å²) in [6, 6.07) is -0.268. The van der Waals surface area contributed by atoms with Crippen LogP contribution in [0.4, 0.5) is 0 Å². The molecule has 0 bridgehead atoms. The first-order chi connectivity index (χ1) is 7.72. The van der Waals surface area contributed by atoms with Crippen molar-refractivity contribution < 1.29 is 4.79 Å². The Morgan fingerprint density at radius 3 is 2.00 bits per heavy atom. The first-order valence-corrected chi connectivity index (χ1v) is 6.40. The molecule has 6 N–H and O–H groups in total. The lowest BCUT2D eigenvalue weighted by Gasteiger charge is -2.09. The number of unbranched alkanes of at least 4 members (excludes halogenated alkanes) is 4. The number of nitrogens with two attached hydrogens (primary N) is 3. The van der Waals surface area contributed by atoms with Gasteiger partial charge in [0.1, 0.15) is 5.78 Å². The molecular weight excluding hydrogens is 202 g/mol. The summed E-state index contributed by atoms with van der Waals surface area (Å²) in [5.74, 6) is 0.199. The van der Waals surface area contributed by atoms with Crippen molar-refractivity contribution in [1.29, 1.82) is 0 Å². The Kier molecular flexibility index (Phi) is 10.7. The first-order valence-electron chi connectivity index (χ1n) is 6.40. The van der Waals surface area contributed by atoms with E-state index in [4.69, 9.17) is 17.2 Å². The summed E-state index contributed by atoms with van der Waals surface area (Å²) in [5, 5.41) is 0. The molecule has 16 heavy (non-hydrogen) atoms. The van der Waals surface area contributed by atoms with Crippen molar-refractivity contribution in [2.75, 3.05) is 13.1 Å². The molecule has 0 spiro atoms. The minimum absolute atomic E-state index is 0.199. The van der Waals surface area contributed by atoms with E-state index in [0.29, 0.717) is 13.0 Å². The molecular formula is C12H27N3O. The highest BCUT2D eigenvalue weighted by Crippen LogP contribution is 2.07. The number of carbonyl (C=O) groups excluding carboxylic acids is 1. The zero-order valence-corrected chi connectivity index (χ0v) is 10.3. The fourth-order valence-corrected chi connectivity index (χ4v) is 1.65. The lowest BCUT2D eigenvalue weighted by molar-refractivity contribution is -0.120. The number of hydrogen-bond acceptors (Lipinski definition) is 4. The Morgan fingerprint density at radius 1 is 0.875 bits per heavy atom. The van der Waals surface area contributed by atoms with Crippen molar-refractivity contribution in [3.63, 3.8) is 0 Å². The maximum absolute atomic E-state index is 11.6. The molecule has 0 radical (unpaired) electrons. The standard InChI is InChI=1S/C12H27N3O/c13-9-5-1-3-7-11(15)12(16)8-4-2-6-10-14/h11H,1-10,13-15H2. The summed E-state index contributed by atoms with van der Waals surface area (Å²) in [6.45, 7) is 1.43. The summed E-state index contributed by atoms with van der Waals surface area (Å²) in [7, 11) is 0. The van der Waals surface area contributed by atoms with Gasteiger partial charge in [0.2, 0.25) is 0 Å². The average molecular weight is 229 g/mol. The van der Waals surface area contributed by atoms with Crippen LogP contribution in [0.2, 0.25) is 0 Å². The second-order valence-electron chi connectivity index (χ2n) is 4.31. The van der Waals surface area contributed by atoms with Gasteiger partial charge in [-0.1, -0.05) is 19.3 Å². The van der Waals surface area contributed by atoms with Crippen LogP contribution in [-0.2, 0) is 4.79 Å². The Balaban J connectivity index is 3.42. The van der Waals surface area contributed by atoms with Crippen molar-refractivity contribution in [1.82, 2.24) is 0 Å². The predicted molar refractivity (Wildman–Crippen MR) is 68.0 cm³/mol. The molecule has 0 heterocycles. The molecule has 0 saturated carbocycles. The number of ketones is 1. The molecule has 96 valence electrons. The summed E-state index contributed by atoms with van der Waals surface area (Å²) < 4.78 is 0. The van der Waals surface area contributed by atoms with Crippen molar-refractivity contribution in [2.45, 2.75) is 57.4 Å².